The molecule has 0 unspecified atom stereocenters. The molecule has 0 radical (unpaired) electrons. The summed E-state index contributed by atoms with van der Waals surface area (Å²) >= 11 is 0. The molecule has 182 valence electrons. The molecule has 7 nitrogen and oxygen atoms in total. The van der Waals surface area contributed by atoms with Gasteiger partial charge in [0.05, 0.1) is 0 Å². The van der Waals surface area contributed by atoms with E-state index in [4.69, 9.17) is 5.11 Å². The molecule has 4 rings (SSSR count). The molecule has 1 saturated heterocycles. The second-order valence-corrected chi connectivity index (χ2v) is 8.65. The highest BCUT2D eigenvalue weighted by molar-refractivity contribution is 5.94. The van der Waals surface area contributed by atoms with E-state index in [-0.39, 0.29) is 18.3 Å². The number of carbonyl (C=O) groups is 2. The van der Waals surface area contributed by atoms with Crippen LogP contribution in [0.2, 0.25) is 0 Å². The maximum atomic E-state index is 13.7. The summed E-state index contributed by atoms with van der Waals surface area (Å²) in [6.45, 7) is 5.60. The van der Waals surface area contributed by atoms with Crippen molar-refractivity contribution < 1.29 is 19.1 Å². The molecule has 1 aliphatic rings. The van der Waals surface area contributed by atoms with Crippen molar-refractivity contribution >= 4 is 17.7 Å². The predicted molar refractivity (Wildman–Crippen MR) is 133 cm³/mol. The van der Waals surface area contributed by atoms with Crippen LogP contribution in [0.4, 0.5) is 14.9 Å². The van der Waals surface area contributed by atoms with E-state index in [2.05, 4.69) is 20.4 Å². The Morgan fingerprint density at radius 3 is 1.89 bits per heavy atom. The Hall–Kier alpha value is -3.75. The second kappa shape index (κ2) is 11.6. The van der Waals surface area contributed by atoms with Gasteiger partial charge in [-0.25, -0.2) is 9.18 Å². The fourth-order valence-electron chi connectivity index (χ4n) is 4.12. The van der Waals surface area contributed by atoms with Crippen LogP contribution in [-0.4, -0.2) is 53.1 Å². The fourth-order valence-corrected chi connectivity index (χ4v) is 4.12. The number of carboxylic acid groups (broad SMARTS) is 1. The van der Waals surface area contributed by atoms with E-state index in [1.165, 1.54) is 6.07 Å². The molecule has 35 heavy (non-hydrogen) atoms. The Labute approximate surface area is 204 Å². The molecule has 0 bridgehead atoms. The van der Waals surface area contributed by atoms with Crippen molar-refractivity contribution in [3.8, 4) is 0 Å². The van der Waals surface area contributed by atoms with Gasteiger partial charge in [-0.1, -0.05) is 42.5 Å². The van der Waals surface area contributed by atoms with Crippen LogP contribution in [0.1, 0.15) is 27.0 Å². The van der Waals surface area contributed by atoms with E-state index in [1.54, 1.807) is 30.3 Å². The van der Waals surface area contributed by atoms with Crippen molar-refractivity contribution in [1.82, 2.24) is 15.1 Å². The Balaban J connectivity index is 1.21. The fraction of sp³-hybridized carbons (Fsp3) is 0.259. The van der Waals surface area contributed by atoms with Gasteiger partial charge >= 0.3 is 6.09 Å². The van der Waals surface area contributed by atoms with Crippen LogP contribution in [0.15, 0.2) is 72.8 Å². The topological polar surface area (TPSA) is 84.9 Å². The third kappa shape index (κ3) is 7.11. The summed E-state index contributed by atoms with van der Waals surface area (Å²) in [6, 6.07) is 21.4. The zero-order chi connectivity index (χ0) is 24.6. The Morgan fingerprint density at radius 1 is 0.800 bits per heavy atom. The number of hydrogen-bond acceptors (Lipinski definition) is 4. The molecule has 3 aromatic carbocycles. The van der Waals surface area contributed by atoms with E-state index >= 15 is 0 Å². The van der Waals surface area contributed by atoms with Crippen LogP contribution >= 0.6 is 0 Å². The maximum Gasteiger partial charge on any atom is 0.409 e. The van der Waals surface area contributed by atoms with Gasteiger partial charge in [0.2, 0.25) is 0 Å². The number of nitrogens with zero attached hydrogens (tertiary/aromatic N) is 2. The summed E-state index contributed by atoms with van der Waals surface area (Å²) in [4.78, 5) is 27.9. The molecule has 0 atom stereocenters. The monoisotopic (exact) mass is 476 g/mol. The van der Waals surface area contributed by atoms with Crippen LogP contribution in [0.25, 0.3) is 0 Å². The first-order valence-electron chi connectivity index (χ1n) is 11.6. The minimum atomic E-state index is -1.06. The number of halogens is 1. The average molecular weight is 477 g/mol. The normalized spacial score (nSPS) is 14.4. The number of amides is 2. The summed E-state index contributed by atoms with van der Waals surface area (Å²) in [7, 11) is 0. The van der Waals surface area contributed by atoms with Gasteiger partial charge in [0.1, 0.15) is 5.82 Å². The molecule has 1 heterocycles. The van der Waals surface area contributed by atoms with Crippen LogP contribution in [-0.2, 0) is 19.6 Å². The van der Waals surface area contributed by atoms with Gasteiger partial charge in [0.15, 0.2) is 0 Å². The highest BCUT2D eigenvalue weighted by Gasteiger charge is 2.17. The number of carbonyl (C=O) groups excluding carboxylic acids is 1. The maximum absolute atomic E-state index is 13.7. The standard InChI is InChI=1S/C27H29FN4O3/c28-25-4-2-1-3-23(25)17-29-26(33)22-9-5-20(6-10-22)18-31-13-15-32(16-14-31)19-21-7-11-24(12-8-21)30-27(34)35/h1-12,30H,13-19H2,(H,29,33)(H,34,35). The number of nitrogens with one attached hydrogen (secondary N) is 2. The minimum absolute atomic E-state index is 0.154. The lowest BCUT2D eigenvalue weighted by Crippen LogP contribution is -2.45. The summed E-state index contributed by atoms with van der Waals surface area (Å²) in [6.07, 6.45) is -1.06. The molecule has 1 aliphatic heterocycles. The molecule has 8 heteroatoms. The molecule has 3 N–H and O–H groups in total. The van der Waals surface area contributed by atoms with Gasteiger partial charge < -0.3 is 10.4 Å². The highest BCUT2D eigenvalue weighted by Crippen LogP contribution is 2.15. The summed E-state index contributed by atoms with van der Waals surface area (Å²) in [5.41, 5.74) is 3.88. The first kappa shape index (κ1) is 24.4. The third-order valence-corrected chi connectivity index (χ3v) is 6.10. The number of piperazine rings is 1. The molecule has 3 aromatic rings. The van der Waals surface area contributed by atoms with Gasteiger partial charge in [-0.05, 0) is 41.5 Å². The lowest BCUT2D eigenvalue weighted by Gasteiger charge is -2.34. The predicted octanol–water partition coefficient (Wildman–Crippen LogP) is 4.16. The molecule has 0 spiro atoms. The lowest BCUT2D eigenvalue weighted by molar-refractivity contribution is 0.0950. The van der Waals surface area contributed by atoms with Crippen LogP contribution in [0, 0.1) is 5.82 Å². The van der Waals surface area contributed by atoms with Crippen molar-refractivity contribution in [2.75, 3.05) is 31.5 Å². The van der Waals surface area contributed by atoms with Gasteiger partial charge in [-0.3, -0.25) is 19.9 Å². The number of benzene rings is 3. The third-order valence-electron chi connectivity index (χ3n) is 6.10. The smallest absolute Gasteiger partial charge is 0.409 e. The SMILES string of the molecule is O=C(O)Nc1ccc(CN2CCN(Cc3ccc(C(=O)NCc4ccccc4F)cc3)CC2)cc1. The molecule has 0 aromatic heterocycles. The zero-order valence-electron chi connectivity index (χ0n) is 19.4. The Morgan fingerprint density at radius 2 is 1.34 bits per heavy atom. The molecule has 0 saturated carbocycles. The van der Waals surface area contributed by atoms with E-state index in [0.29, 0.717) is 16.8 Å². The second-order valence-electron chi connectivity index (χ2n) is 8.65. The summed E-state index contributed by atoms with van der Waals surface area (Å²) in [5, 5.41) is 13.9. The highest BCUT2D eigenvalue weighted by atomic mass is 19.1. The molecule has 2 amide bonds. The van der Waals surface area contributed by atoms with Crippen LogP contribution in [0.5, 0.6) is 0 Å². The van der Waals surface area contributed by atoms with E-state index in [9.17, 15) is 14.0 Å². The quantitative estimate of drug-likeness (QED) is 0.455. The van der Waals surface area contributed by atoms with Crippen molar-refractivity contribution in [3.05, 3.63) is 101 Å². The summed E-state index contributed by atoms with van der Waals surface area (Å²) in [5.74, 6) is -0.547. The summed E-state index contributed by atoms with van der Waals surface area (Å²) < 4.78 is 13.7. The Kier molecular flexibility index (Phi) is 8.07. The van der Waals surface area contributed by atoms with Crippen molar-refractivity contribution in [3.63, 3.8) is 0 Å². The van der Waals surface area contributed by atoms with E-state index in [0.717, 1.165) is 50.4 Å². The van der Waals surface area contributed by atoms with Crippen molar-refractivity contribution in [2.45, 2.75) is 19.6 Å². The number of anilines is 1. The first-order chi connectivity index (χ1) is 17.0. The molecule has 1 fully saturated rings. The van der Waals surface area contributed by atoms with Crippen LogP contribution < -0.4 is 10.6 Å². The minimum Gasteiger partial charge on any atom is -0.465 e. The first-order valence-corrected chi connectivity index (χ1v) is 11.6. The van der Waals surface area contributed by atoms with Gasteiger partial charge in [-0.15, -0.1) is 0 Å². The molecular weight excluding hydrogens is 447 g/mol. The number of hydrogen-bond donors (Lipinski definition) is 3. The average Bonchev–Trinajstić information content (AvgIpc) is 2.86. The Bertz CT molecular complexity index is 1140. The lowest BCUT2D eigenvalue weighted by atomic mass is 10.1. The zero-order valence-corrected chi connectivity index (χ0v) is 19.4. The van der Waals surface area contributed by atoms with E-state index in [1.807, 2.05) is 36.4 Å². The van der Waals surface area contributed by atoms with Gasteiger partial charge in [0, 0.05) is 62.6 Å². The molecular formula is C27H29FN4O3. The molecule has 0 aliphatic carbocycles. The largest absolute Gasteiger partial charge is 0.465 e. The van der Waals surface area contributed by atoms with Crippen molar-refractivity contribution in [2.24, 2.45) is 0 Å². The number of rotatable bonds is 8. The van der Waals surface area contributed by atoms with Crippen molar-refractivity contribution in [1.29, 1.82) is 0 Å². The van der Waals surface area contributed by atoms with E-state index < -0.39 is 6.09 Å². The van der Waals surface area contributed by atoms with Crippen LogP contribution in [0.3, 0.4) is 0 Å². The van der Waals surface area contributed by atoms with Gasteiger partial charge in [-0.2, -0.15) is 0 Å². The van der Waals surface area contributed by atoms with Gasteiger partial charge in [0.25, 0.3) is 5.91 Å².